The van der Waals surface area contributed by atoms with Crippen molar-refractivity contribution >= 4 is 27.9 Å². The number of amides is 2. The fourth-order valence-corrected chi connectivity index (χ4v) is 2.37. The van der Waals surface area contributed by atoms with Gasteiger partial charge < -0.3 is 20.5 Å². The van der Waals surface area contributed by atoms with E-state index in [9.17, 15) is 9.59 Å². The van der Waals surface area contributed by atoms with Crippen molar-refractivity contribution < 1.29 is 19.1 Å². The molecule has 0 heterocycles. The average Bonchev–Trinajstić information content (AvgIpc) is 2.48. The molecule has 1 rings (SSSR count). The van der Waals surface area contributed by atoms with Gasteiger partial charge in [0.1, 0.15) is 5.60 Å². The van der Waals surface area contributed by atoms with E-state index >= 15 is 0 Å². The number of halogens is 1. The number of carbonyl (C=O) groups excluding carboxylic acids is 2. The maximum atomic E-state index is 12.0. The van der Waals surface area contributed by atoms with Crippen LogP contribution >= 0.6 is 15.9 Å². The van der Waals surface area contributed by atoms with E-state index in [0.29, 0.717) is 13.0 Å². The summed E-state index contributed by atoms with van der Waals surface area (Å²) in [6, 6.07) is 7.41. The summed E-state index contributed by atoms with van der Waals surface area (Å²) in [5.74, 6) is -0.420. The van der Waals surface area contributed by atoms with Crippen molar-refractivity contribution in [3.63, 3.8) is 0 Å². The van der Waals surface area contributed by atoms with E-state index in [-0.39, 0.29) is 18.6 Å². The zero-order chi connectivity index (χ0) is 19.0. The molecule has 1 aromatic rings. The first-order valence-electron chi connectivity index (χ1n) is 8.20. The summed E-state index contributed by atoms with van der Waals surface area (Å²) in [4.78, 5) is 23.1. The van der Waals surface area contributed by atoms with Crippen LogP contribution in [0.5, 0.6) is 0 Å². The second-order valence-electron chi connectivity index (χ2n) is 6.90. The van der Waals surface area contributed by atoms with Gasteiger partial charge in [-0.2, -0.15) is 0 Å². The van der Waals surface area contributed by atoms with Crippen molar-refractivity contribution in [3.8, 4) is 0 Å². The van der Waals surface area contributed by atoms with Crippen LogP contribution in [-0.2, 0) is 20.9 Å². The van der Waals surface area contributed by atoms with Crippen LogP contribution in [0, 0.1) is 0 Å². The first kappa shape index (κ1) is 21.4. The summed E-state index contributed by atoms with van der Waals surface area (Å²) in [5, 5.41) is 2.77. The zero-order valence-corrected chi connectivity index (χ0v) is 16.8. The van der Waals surface area contributed by atoms with Crippen LogP contribution in [-0.4, -0.2) is 29.7 Å². The van der Waals surface area contributed by atoms with Crippen LogP contribution < -0.4 is 11.1 Å². The number of hydrogen-bond donors (Lipinski definition) is 2. The van der Waals surface area contributed by atoms with Crippen molar-refractivity contribution in [1.29, 1.82) is 0 Å². The van der Waals surface area contributed by atoms with E-state index in [4.69, 9.17) is 15.2 Å². The summed E-state index contributed by atoms with van der Waals surface area (Å²) < 4.78 is 12.1. The molecule has 2 unspecified atom stereocenters. The molecule has 6 nitrogen and oxygen atoms in total. The molecule has 0 saturated heterocycles. The summed E-state index contributed by atoms with van der Waals surface area (Å²) in [5.41, 5.74) is 5.64. The van der Waals surface area contributed by atoms with Gasteiger partial charge in [-0.25, -0.2) is 4.79 Å². The fourth-order valence-electron chi connectivity index (χ4n) is 2.11. The maximum Gasteiger partial charge on any atom is 0.407 e. The number of benzene rings is 1. The Kier molecular flexibility index (Phi) is 8.38. The Labute approximate surface area is 157 Å². The molecule has 7 heteroatoms. The Morgan fingerprint density at radius 1 is 1.24 bits per heavy atom. The lowest BCUT2D eigenvalue weighted by atomic mass is 10.1. The summed E-state index contributed by atoms with van der Waals surface area (Å²) in [6.07, 6.45) is -0.306. The molecule has 1 aromatic carbocycles. The molecular formula is C18H27BrN2O4. The van der Waals surface area contributed by atoms with Gasteiger partial charge in [0, 0.05) is 10.9 Å². The molecule has 0 saturated carbocycles. The number of hydrogen-bond acceptors (Lipinski definition) is 4. The number of alkyl carbamates (subject to hydrolysis) is 1. The van der Waals surface area contributed by atoms with Crippen molar-refractivity contribution in [2.75, 3.05) is 0 Å². The molecule has 140 valence electrons. The number of nitrogens with one attached hydrogen (secondary N) is 1. The predicted octanol–water partition coefficient (Wildman–Crippen LogP) is 3.51. The number of rotatable bonds is 8. The van der Waals surface area contributed by atoms with Crippen molar-refractivity contribution in [2.45, 2.75) is 64.9 Å². The lowest BCUT2D eigenvalue weighted by Gasteiger charge is -2.27. The number of ether oxygens (including phenoxy) is 2. The van der Waals surface area contributed by atoms with Gasteiger partial charge in [0.2, 0.25) is 5.91 Å². The van der Waals surface area contributed by atoms with E-state index in [0.717, 1.165) is 10.0 Å². The third-order valence-corrected chi connectivity index (χ3v) is 3.93. The number of carbonyl (C=O) groups is 2. The van der Waals surface area contributed by atoms with Crippen molar-refractivity contribution in [2.24, 2.45) is 5.73 Å². The Morgan fingerprint density at radius 2 is 1.84 bits per heavy atom. The van der Waals surface area contributed by atoms with Gasteiger partial charge in [0.25, 0.3) is 0 Å². The van der Waals surface area contributed by atoms with E-state index < -0.39 is 17.6 Å². The second-order valence-corrected chi connectivity index (χ2v) is 7.82. The minimum absolute atomic E-state index is 0.159. The minimum Gasteiger partial charge on any atom is -0.444 e. The Hall–Kier alpha value is -1.60. The third-order valence-electron chi connectivity index (χ3n) is 3.40. The molecule has 2 amide bonds. The molecule has 0 aliphatic carbocycles. The standard InChI is InChI=1S/C18H27BrN2O4/c1-12(24-11-13-5-7-14(19)8-6-13)15(9-10-16(20)22)21-17(23)25-18(2,3)4/h5-8,12,15H,9-11H2,1-4H3,(H2,20,22)(H,21,23). The highest BCUT2D eigenvalue weighted by Gasteiger charge is 2.24. The first-order valence-corrected chi connectivity index (χ1v) is 9.00. The lowest BCUT2D eigenvalue weighted by molar-refractivity contribution is -0.118. The fraction of sp³-hybridized carbons (Fsp3) is 0.556. The number of primary amides is 1. The average molecular weight is 415 g/mol. The highest BCUT2D eigenvalue weighted by molar-refractivity contribution is 9.10. The van der Waals surface area contributed by atoms with Gasteiger partial charge in [0.05, 0.1) is 18.8 Å². The Morgan fingerprint density at radius 3 is 2.36 bits per heavy atom. The summed E-state index contributed by atoms with van der Waals surface area (Å²) >= 11 is 3.39. The molecule has 3 N–H and O–H groups in total. The van der Waals surface area contributed by atoms with Crippen LogP contribution in [0.15, 0.2) is 28.7 Å². The smallest absolute Gasteiger partial charge is 0.407 e. The first-order chi connectivity index (χ1) is 11.6. The molecular weight excluding hydrogens is 388 g/mol. The van der Waals surface area contributed by atoms with Gasteiger partial charge >= 0.3 is 6.09 Å². The van der Waals surface area contributed by atoms with Crippen molar-refractivity contribution in [1.82, 2.24) is 5.32 Å². The molecule has 0 spiro atoms. The Bertz CT molecular complexity index is 569. The van der Waals surface area contributed by atoms with Crippen LogP contribution in [0.1, 0.15) is 46.1 Å². The van der Waals surface area contributed by atoms with Crippen LogP contribution in [0.4, 0.5) is 4.79 Å². The molecule has 0 aliphatic rings. The largest absolute Gasteiger partial charge is 0.444 e. The van der Waals surface area contributed by atoms with Crippen LogP contribution in [0.2, 0.25) is 0 Å². The zero-order valence-electron chi connectivity index (χ0n) is 15.2. The van der Waals surface area contributed by atoms with Gasteiger partial charge in [-0.05, 0) is 51.8 Å². The monoisotopic (exact) mass is 414 g/mol. The van der Waals surface area contributed by atoms with Gasteiger partial charge in [0.15, 0.2) is 0 Å². The van der Waals surface area contributed by atoms with E-state index in [1.807, 2.05) is 31.2 Å². The molecule has 25 heavy (non-hydrogen) atoms. The highest BCUT2D eigenvalue weighted by Crippen LogP contribution is 2.14. The second kappa shape index (κ2) is 9.77. The predicted molar refractivity (Wildman–Crippen MR) is 100.0 cm³/mol. The Balaban J connectivity index is 2.64. The third kappa shape index (κ3) is 9.45. The molecule has 0 aliphatic heterocycles. The van der Waals surface area contributed by atoms with Gasteiger partial charge in [-0.15, -0.1) is 0 Å². The minimum atomic E-state index is -0.597. The SMILES string of the molecule is CC(OCc1ccc(Br)cc1)C(CCC(N)=O)NC(=O)OC(C)(C)C. The molecule has 0 fully saturated rings. The van der Waals surface area contributed by atoms with Crippen molar-refractivity contribution in [3.05, 3.63) is 34.3 Å². The molecule has 0 aromatic heterocycles. The highest BCUT2D eigenvalue weighted by atomic mass is 79.9. The van der Waals surface area contributed by atoms with E-state index in [2.05, 4.69) is 21.2 Å². The number of nitrogens with two attached hydrogens (primary N) is 1. The quantitative estimate of drug-likeness (QED) is 0.680. The molecule has 0 bridgehead atoms. The summed E-state index contributed by atoms with van der Waals surface area (Å²) in [7, 11) is 0. The van der Waals surface area contributed by atoms with E-state index in [1.165, 1.54) is 0 Å². The normalized spacial score (nSPS) is 13.8. The topological polar surface area (TPSA) is 90.6 Å². The lowest BCUT2D eigenvalue weighted by Crippen LogP contribution is -2.45. The van der Waals surface area contributed by atoms with Crippen LogP contribution in [0.25, 0.3) is 0 Å². The van der Waals surface area contributed by atoms with Gasteiger partial charge in [-0.3, -0.25) is 4.79 Å². The maximum absolute atomic E-state index is 12.0. The van der Waals surface area contributed by atoms with E-state index in [1.54, 1.807) is 20.8 Å². The molecule has 2 atom stereocenters. The van der Waals surface area contributed by atoms with Crippen LogP contribution in [0.3, 0.4) is 0 Å². The summed E-state index contributed by atoms with van der Waals surface area (Å²) in [6.45, 7) is 7.62. The van der Waals surface area contributed by atoms with Gasteiger partial charge in [-0.1, -0.05) is 28.1 Å². The molecule has 0 radical (unpaired) electrons.